The Kier molecular flexibility index (Phi) is 7.24. The molecule has 13 aromatic rings. The molecule has 0 N–H and O–H groups in total. The monoisotopic (exact) mass is 844 g/mol. The largest absolute Gasteiger partial charge is 0.456 e. The number of aliphatic imine (C=N–C) groups is 2. The molecule has 0 saturated heterocycles. The van der Waals surface area contributed by atoms with Gasteiger partial charge in [-0.25, -0.2) is 9.98 Å². The van der Waals surface area contributed by atoms with E-state index in [-0.39, 0.29) is 12.0 Å². The lowest BCUT2D eigenvalue weighted by Crippen LogP contribution is -2.33. The molecule has 66 heavy (non-hydrogen) atoms. The summed E-state index contributed by atoms with van der Waals surface area (Å²) in [5.41, 5.74) is 13.1. The molecular formula is C60H36N4O2. The van der Waals surface area contributed by atoms with E-state index in [2.05, 4.69) is 203 Å². The van der Waals surface area contributed by atoms with Gasteiger partial charge in [0.2, 0.25) is 5.96 Å². The van der Waals surface area contributed by atoms with Crippen molar-refractivity contribution in [1.29, 1.82) is 0 Å². The molecule has 5 heterocycles. The number of allylic oxidation sites excluding steroid dienone is 2. The van der Waals surface area contributed by atoms with Gasteiger partial charge in [0.1, 0.15) is 22.3 Å². The first kappa shape index (κ1) is 35.7. The lowest BCUT2D eigenvalue weighted by molar-refractivity contribution is 0.669. The van der Waals surface area contributed by atoms with Gasteiger partial charge < -0.3 is 13.4 Å². The number of aromatic nitrogens is 2. The summed E-state index contributed by atoms with van der Waals surface area (Å²) in [6, 6.07) is 64.7. The third-order valence-corrected chi connectivity index (χ3v) is 14.0. The fourth-order valence-electron chi connectivity index (χ4n) is 11.2. The Hall–Kier alpha value is -8.74. The molecule has 1 aliphatic heterocycles. The SMILES string of the molecule is C1=CC2N=C(n3c4ccc(-c5ccc6c(c5)c5ccccc5n6-c5ccccc5)cc4c4c5ccc6oc7ccccc7c6c5c5c6ccccc6oc5c43)N=C(c3ccccc3)C2C=C1. The number of benzene rings is 9. The van der Waals surface area contributed by atoms with Crippen molar-refractivity contribution in [2.24, 2.45) is 15.9 Å². The molecule has 6 nitrogen and oxygen atoms in total. The fourth-order valence-corrected chi connectivity index (χ4v) is 11.2. The van der Waals surface area contributed by atoms with Gasteiger partial charge in [-0.15, -0.1) is 0 Å². The van der Waals surface area contributed by atoms with Crippen LogP contribution in [0.15, 0.2) is 225 Å². The lowest BCUT2D eigenvalue weighted by atomic mass is 9.86. The van der Waals surface area contributed by atoms with Gasteiger partial charge in [0.25, 0.3) is 0 Å². The molecule has 2 unspecified atom stereocenters. The van der Waals surface area contributed by atoms with Crippen molar-refractivity contribution in [2.45, 2.75) is 6.04 Å². The summed E-state index contributed by atoms with van der Waals surface area (Å²) in [7, 11) is 0. The number of para-hydroxylation sites is 4. The molecule has 2 aliphatic rings. The van der Waals surface area contributed by atoms with Crippen LogP contribution in [0.1, 0.15) is 5.56 Å². The van der Waals surface area contributed by atoms with Crippen molar-refractivity contribution in [2.75, 3.05) is 0 Å². The number of rotatable bonds is 3. The summed E-state index contributed by atoms with van der Waals surface area (Å²) in [5, 5.41) is 11.1. The van der Waals surface area contributed by atoms with E-state index >= 15 is 0 Å². The van der Waals surface area contributed by atoms with Crippen molar-refractivity contribution in [3.63, 3.8) is 0 Å². The number of hydrogen-bond donors (Lipinski definition) is 0. The minimum Gasteiger partial charge on any atom is -0.456 e. The third kappa shape index (κ3) is 4.90. The van der Waals surface area contributed by atoms with E-state index in [0.29, 0.717) is 5.96 Å². The maximum Gasteiger partial charge on any atom is 0.230 e. The van der Waals surface area contributed by atoms with E-state index in [1.165, 1.54) is 21.8 Å². The average molecular weight is 845 g/mol. The van der Waals surface area contributed by atoms with Gasteiger partial charge in [-0.1, -0.05) is 140 Å². The second kappa shape index (κ2) is 13.4. The minimum atomic E-state index is -0.127. The molecule has 0 fully saturated rings. The van der Waals surface area contributed by atoms with Crippen LogP contribution in [0.4, 0.5) is 0 Å². The highest BCUT2D eigenvalue weighted by Crippen LogP contribution is 2.49. The molecule has 1 aliphatic carbocycles. The van der Waals surface area contributed by atoms with Crippen LogP contribution in [-0.4, -0.2) is 26.8 Å². The summed E-state index contributed by atoms with van der Waals surface area (Å²) < 4.78 is 18.4. The van der Waals surface area contributed by atoms with Crippen LogP contribution in [0.2, 0.25) is 0 Å². The number of hydrogen-bond acceptors (Lipinski definition) is 4. The summed E-state index contributed by atoms with van der Waals surface area (Å²) in [4.78, 5) is 11.1. The average Bonchev–Trinajstić information content (AvgIpc) is 4.14. The van der Waals surface area contributed by atoms with E-state index in [1.54, 1.807) is 0 Å². The molecule has 0 bridgehead atoms. The minimum absolute atomic E-state index is 0.0123. The third-order valence-electron chi connectivity index (χ3n) is 14.0. The predicted molar refractivity (Wildman–Crippen MR) is 273 cm³/mol. The standard InChI is InChI=1S/C60H36N4O2/c1-3-15-35(16-4-1)57-40-20-7-11-23-46(40)61-60(62-57)64-49-31-28-37(36-27-30-48-44(33-36)39-19-8-12-24-47(39)63(48)38-17-5-2-6-18-38)34-45(49)53-43-29-32-52-54(41-21-9-13-25-50(41)65-52)55(43)56-42-22-10-14-26-51(42)66-59(56)58(53)64/h1-34,40,46H. The maximum atomic E-state index is 7.15. The molecule has 0 radical (unpaired) electrons. The molecule has 6 heteroatoms. The van der Waals surface area contributed by atoms with E-state index in [1.807, 2.05) is 12.1 Å². The topological polar surface area (TPSA) is 60.9 Å². The van der Waals surface area contributed by atoms with E-state index < -0.39 is 0 Å². The normalized spacial score (nSPS) is 16.2. The zero-order valence-electron chi connectivity index (χ0n) is 35.4. The number of fused-ring (bicyclic) bond motifs is 18. The van der Waals surface area contributed by atoms with Gasteiger partial charge >= 0.3 is 0 Å². The first-order chi connectivity index (χ1) is 32.7. The fraction of sp³-hybridized carbons (Fsp3) is 0.0333. The Labute approximate surface area is 376 Å². The van der Waals surface area contributed by atoms with Crippen molar-refractivity contribution in [3.8, 4) is 16.8 Å². The Morgan fingerprint density at radius 3 is 1.85 bits per heavy atom. The van der Waals surface area contributed by atoms with Gasteiger partial charge in [-0.3, -0.25) is 4.57 Å². The molecule has 308 valence electrons. The molecule has 0 spiro atoms. The lowest BCUT2D eigenvalue weighted by Gasteiger charge is -2.28. The Balaban J connectivity index is 1.08. The smallest absolute Gasteiger partial charge is 0.230 e. The van der Waals surface area contributed by atoms with Crippen LogP contribution in [0, 0.1) is 5.92 Å². The molecule has 0 amide bonds. The second-order valence-corrected chi connectivity index (χ2v) is 17.6. The van der Waals surface area contributed by atoms with Crippen LogP contribution >= 0.6 is 0 Å². The van der Waals surface area contributed by atoms with Crippen LogP contribution in [0.5, 0.6) is 0 Å². The second-order valence-electron chi connectivity index (χ2n) is 17.6. The zero-order valence-corrected chi connectivity index (χ0v) is 35.4. The van der Waals surface area contributed by atoms with Gasteiger partial charge in [0.15, 0.2) is 5.58 Å². The summed E-state index contributed by atoms with van der Waals surface area (Å²) in [6.07, 6.45) is 8.65. The van der Waals surface area contributed by atoms with Crippen molar-refractivity contribution in [3.05, 3.63) is 212 Å². The summed E-state index contributed by atoms with van der Waals surface area (Å²) in [6.45, 7) is 0. The highest BCUT2D eigenvalue weighted by molar-refractivity contribution is 6.41. The maximum absolute atomic E-state index is 7.15. The quantitative estimate of drug-likeness (QED) is 0.178. The van der Waals surface area contributed by atoms with Crippen molar-refractivity contribution < 1.29 is 8.83 Å². The van der Waals surface area contributed by atoms with Gasteiger partial charge in [0.05, 0.1) is 28.3 Å². The highest BCUT2D eigenvalue weighted by Gasteiger charge is 2.33. The first-order valence-corrected chi connectivity index (χ1v) is 22.6. The summed E-state index contributed by atoms with van der Waals surface area (Å²) >= 11 is 0. The van der Waals surface area contributed by atoms with Gasteiger partial charge in [0, 0.05) is 60.1 Å². The van der Waals surface area contributed by atoms with Gasteiger partial charge in [-0.2, -0.15) is 0 Å². The molecule has 9 aromatic carbocycles. The van der Waals surface area contributed by atoms with E-state index in [0.717, 1.165) is 105 Å². The van der Waals surface area contributed by atoms with Crippen LogP contribution in [-0.2, 0) is 0 Å². The molecule has 0 saturated carbocycles. The van der Waals surface area contributed by atoms with Crippen molar-refractivity contribution in [1.82, 2.24) is 9.13 Å². The molecule has 4 aromatic heterocycles. The highest BCUT2D eigenvalue weighted by atomic mass is 16.3. The first-order valence-electron chi connectivity index (χ1n) is 22.6. The van der Waals surface area contributed by atoms with E-state index in [9.17, 15) is 0 Å². The number of nitrogens with zero attached hydrogens (tertiary/aromatic N) is 4. The van der Waals surface area contributed by atoms with Crippen LogP contribution in [0.3, 0.4) is 0 Å². The molecular weight excluding hydrogens is 809 g/mol. The Morgan fingerprint density at radius 2 is 1.05 bits per heavy atom. The van der Waals surface area contributed by atoms with Crippen LogP contribution < -0.4 is 0 Å². The Bertz CT molecular complexity index is 4350. The van der Waals surface area contributed by atoms with Gasteiger partial charge in [-0.05, 0) is 88.8 Å². The predicted octanol–water partition coefficient (Wildman–Crippen LogP) is 15.3. The molecule has 2 atom stereocenters. The zero-order chi connectivity index (χ0) is 43.0. The van der Waals surface area contributed by atoms with Crippen molar-refractivity contribution >= 4 is 110 Å². The Morgan fingerprint density at radius 1 is 0.409 bits per heavy atom. The number of furan rings is 2. The summed E-state index contributed by atoms with van der Waals surface area (Å²) in [5.74, 6) is 0.646. The van der Waals surface area contributed by atoms with E-state index in [4.69, 9.17) is 18.8 Å². The molecule has 15 rings (SSSR count). The van der Waals surface area contributed by atoms with Crippen LogP contribution in [0.25, 0.3) is 115 Å².